The highest BCUT2D eigenvalue weighted by Crippen LogP contribution is 2.55. The number of rotatable bonds is 0. The van der Waals surface area contributed by atoms with Crippen LogP contribution in [0.4, 0.5) is 0 Å². The molecule has 2 aliphatic rings. The fraction of sp³-hybridized carbons (Fsp3) is 1.00. The molecule has 4 atom stereocenters. The van der Waals surface area contributed by atoms with Gasteiger partial charge in [0.15, 0.2) is 0 Å². The molecule has 0 radical (unpaired) electrons. The predicted molar refractivity (Wildman–Crippen MR) is 54.5 cm³/mol. The Morgan fingerprint density at radius 2 is 2.00 bits per heavy atom. The van der Waals surface area contributed by atoms with Crippen molar-refractivity contribution in [2.75, 3.05) is 0 Å². The second-order valence-electron chi connectivity index (χ2n) is 5.28. The second kappa shape index (κ2) is 2.98. The molecule has 0 aromatic rings. The van der Waals surface area contributed by atoms with Crippen molar-refractivity contribution in [3.05, 3.63) is 0 Å². The van der Waals surface area contributed by atoms with Crippen molar-refractivity contribution in [2.24, 2.45) is 11.3 Å². The highest BCUT2D eigenvalue weighted by Gasteiger charge is 2.52. The molecule has 2 saturated carbocycles. The molecule has 0 aromatic heterocycles. The van der Waals surface area contributed by atoms with E-state index >= 15 is 0 Å². The third-order valence-electron chi connectivity index (χ3n) is 4.47. The summed E-state index contributed by atoms with van der Waals surface area (Å²) < 4.78 is 8.10. The molecule has 0 heterocycles. The van der Waals surface area contributed by atoms with Gasteiger partial charge in [0.1, 0.15) is 0 Å². The molecule has 2 aliphatic carbocycles. The van der Waals surface area contributed by atoms with Gasteiger partial charge in [-0.05, 0) is 37.0 Å². The number of hydrogen-bond acceptors (Lipinski definition) is 1. The molecule has 2 fully saturated rings. The van der Waals surface area contributed by atoms with Crippen LogP contribution in [-0.2, 0) is 0 Å². The molecule has 0 amide bonds. The molecule has 76 valence electrons. The molecule has 0 aromatic carbocycles. The Kier molecular flexibility index (Phi) is 1.90. The van der Waals surface area contributed by atoms with Crippen LogP contribution in [0.3, 0.4) is 0 Å². The zero-order chi connectivity index (χ0) is 10.4. The lowest BCUT2D eigenvalue weighted by Gasteiger charge is -2.55. The van der Waals surface area contributed by atoms with Crippen LogP contribution in [0.15, 0.2) is 0 Å². The van der Waals surface area contributed by atoms with Crippen molar-refractivity contribution in [1.29, 1.82) is 0 Å². The lowest BCUT2D eigenvalue weighted by atomic mass is 9.54. The summed E-state index contributed by atoms with van der Waals surface area (Å²) in [6, 6.07) is 0. The van der Waals surface area contributed by atoms with Crippen LogP contribution >= 0.6 is 0 Å². The van der Waals surface area contributed by atoms with E-state index in [1.54, 1.807) is 0 Å². The van der Waals surface area contributed by atoms with Crippen LogP contribution in [0.2, 0.25) is 0 Å². The third-order valence-corrected chi connectivity index (χ3v) is 4.47. The molecule has 0 saturated heterocycles. The molecule has 0 spiro atoms. The summed E-state index contributed by atoms with van der Waals surface area (Å²) in [7, 11) is 0. The van der Waals surface area contributed by atoms with Gasteiger partial charge in [-0.25, -0.2) is 0 Å². The molecule has 0 aliphatic heterocycles. The Labute approximate surface area is 82.9 Å². The topological polar surface area (TPSA) is 20.2 Å². The minimum atomic E-state index is -0.705. The van der Waals surface area contributed by atoms with Gasteiger partial charge in [0.05, 0.1) is 5.60 Å². The van der Waals surface area contributed by atoms with E-state index in [4.69, 9.17) is 1.37 Å². The van der Waals surface area contributed by atoms with E-state index in [0.29, 0.717) is 5.92 Å². The average Bonchev–Trinajstić information content (AvgIpc) is 2.12. The summed E-state index contributed by atoms with van der Waals surface area (Å²) in [4.78, 5) is 0. The van der Waals surface area contributed by atoms with Crippen LogP contribution in [0.1, 0.15) is 60.1 Å². The third kappa shape index (κ3) is 1.24. The number of fused-ring (bicyclic) bond motifs is 1. The lowest BCUT2D eigenvalue weighted by Crippen LogP contribution is -2.55. The molecule has 13 heavy (non-hydrogen) atoms. The van der Waals surface area contributed by atoms with E-state index in [-0.39, 0.29) is 11.8 Å². The molecule has 1 nitrogen and oxygen atoms in total. The first-order valence-corrected chi connectivity index (χ1v) is 5.65. The van der Waals surface area contributed by atoms with Crippen molar-refractivity contribution < 1.29 is 6.48 Å². The van der Waals surface area contributed by atoms with Gasteiger partial charge in [0.2, 0.25) is 0 Å². The largest absolute Gasteiger partial charge is 0.389 e. The zero-order valence-corrected chi connectivity index (χ0v) is 8.84. The molecule has 1 N–H and O–H groups in total. The monoisotopic (exact) mass is 183 g/mol. The molecule has 0 bridgehead atoms. The van der Waals surface area contributed by atoms with Crippen LogP contribution in [0.5, 0.6) is 0 Å². The predicted octanol–water partition coefficient (Wildman–Crippen LogP) is 3.12. The maximum atomic E-state index is 10.8. The Hall–Kier alpha value is -0.0400. The fourth-order valence-electron chi connectivity index (χ4n) is 3.40. The first-order chi connectivity index (χ1) is 6.51. The maximum absolute atomic E-state index is 10.8. The summed E-state index contributed by atoms with van der Waals surface area (Å²) in [5, 5.41) is 10.8. The first kappa shape index (κ1) is 8.28. The van der Waals surface area contributed by atoms with E-state index in [9.17, 15) is 5.11 Å². The number of hydrogen-bond donors (Lipinski definition) is 1. The van der Waals surface area contributed by atoms with Crippen LogP contribution in [0.25, 0.3) is 0 Å². The van der Waals surface area contributed by atoms with Gasteiger partial charge in [-0.3, -0.25) is 0 Å². The second-order valence-corrected chi connectivity index (χ2v) is 5.28. The summed E-state index contributed by atoms with van der Waals surface area (Å²) in [6.07, 6.45) is 6.31. The van der Waals surface area contributed by atoms with Crippen molar-refractivity contribution in [2.45, 2.75) is 64.4 Å². The minimum Gasteiger partial charge on any atom is -0.389 e. The molecule has 1 heteroatoms. The summed E-state index contributed by atoms with van der Waals surface area (Å²) in [5.41, 5.74) is -0.682. The molecular formula is C12H22O. The SMILES string of the molecule is [2H]C1CCC[C@]2(C)CCC[C@H](C)[C@@]12O. The van der Waals surface area contributed by atoms with Gasteiger partial charge >= 0.3 is 0 Å². The van der Waals surface area contributed by atoms with Gasteiger partial charge in [0, 0.05) is 1.37 Å². The van der Waals surface area contributed by atoms with Gasteiger partial charge in [-0.15, -0.1) is 0 Å². The van der Waals surface area contributed by atoms with Crippen molar-refractivity contribution in [1.82, 2.24) is 0 Å². The molecular weight excluding hydrogens is 160 g/mol. The minimum absolute atomic E-state index is 0.0231. The maximum Gasteiger partial charge on any atom is 0.0726 e. The van der Waals surface area contributed by atoms with Crippen LogP contribution < -0.4 is 0 Å². The van der Waals surface area contributed by atoms with Gasteiger partial charge in [0.25, 0.3) is 0 Å². The lowest BCUT2D eigenvalue weighted by molar-refractivity contribution is -0.164. The van der Waals surface area contributed by atoms with Crippen molar-refractivity contribution in [3.63, 3.8) is 0 Å². The highest BCUT2D eigenvalue weighted by atomic mass is 16.3. The average molecular weight is 183 g/mol. The van der Waals surface area contributed by atoms with E-state index in [1.165, 1.54) is 6.42 Å². The highest BCUT2D eigenvalue weighted by molar-refractivity contribution is 5.04. The fourth-order valence-corrected chi connectivity index (χ4v) is 3.40. The quantitative estimate of drug-likeness (QED) is 0.612. The van der Waals surface area contributed by atoms with E-state index < -0.39 is 5.60 Å². The van der Waals surface area contributed by atoms with Crippen LogP contribution in [-0.4, -0.2) is 10.7 Å². The standard InChI is InChI=1S/C12H22O/c1-10-6-5-8-11(2)7-3-4-9-12(10,11)13/h10,13H,3-9H2,1-2H3/t10-,11+,12-/m0/s1/i9D/t9?,10-,11+,12-. The van der Waals surface area contributed by atoms with Gasteiger partial charge in [-0.1, -0.05) is 33.1 Å². The normalized spacial score (nSPS) is 58.2. The first-order valence-electron chi connectivity index (χ1n) is 6.23. The van der Waals surface area contributed by atoms with Gasteiger partial charge in [-0.2, -0.15) is 0 Å². The number of aliphatic hydroxyl groups is 1. The van der Waals surface area contributed by atoms with Gasteiger partial charge < -0.3 is 5.11 Å². The van der Waals surface area contributed by atoms with E-state index in [2.05, 4.69) is 13.8 Å². The Bertz CT molecular complexity index is 210. The van der Waals surface area contributed by atoms with E-state index in [0.717, 1.165) is 32.1 Å². The Morgan fingerprint density at radius 3 is 2.69 bits per heavy atom. The Balaban J connectivity index is 2.34. The molecule has 1 unspecified atom stereocenters. The van der Waals surface area contributed by atoms with E-state index in [1.807, 2.05) is 0 Å². The van der Waals surface area contributed by atoms with Crippen molar-refractivity contribution >= 4 is 0 Å². The zero-order valence-electron chi connectivity index (χ0n) is 9.84. The Morgan fingerprint density at radius 1 is 1.31 bits per heavy atom. The summed E-state index contributed by atoms with van der Waals surface area (Å²) in [6.45, 7) is 4.33. The summed E-state index contributed by atoms with van der Waals surface area (Å²) in [5.74, 6) is 0.309. The molecule has 2 rings (SSSR count). The smallest absolute Gasteiger partial charge is 0.0726 e. The van der Waals surface area contributed by atoms with Crippen molar-refractivity contribution in [3.8, 4) is 0 Å². The van der Waals surface area contributed by atoms with Crippen LogP contribution in [0, 0.1) is 11.3 Å². The summed E-state index contributed by atoms with van der Waals surface area (Å²) >= 11 is 0.